The highest BCUT2D eigenvalue weighted by atomic mass is 19.4. The molecule has 170 valence electrons. The molecular formula is C26H24F3N3O. The Morgan fingerprint density at radius 2 is 1.85 bits per heavy atom. The second kappa shape index (κ2) is 9.48. The van der Waals surface area contributed by atoms with Crippen LogP contribution in [0.2, 0.25) is 0 Å². The van der Waals surface area contributed by atoms with Crippen molar-refractivity contribution in [1.82, 2.24) is 14.9 Å². The van der Waals surface area contributed by atoms with Crippen molar-refractivity contribution in [3.05, 3.63) is 102 Å². The number of halogens is 3. The van der Waals surface area contributed by atoms with E-state index in [4.69, 9.17) is 0 Å². The predicted molar refractivity (Wildman–Crippen MR) is 122 cm³/mol. The highest BCUT2D eigenvalue weighted by Gasteiger charge is 2.32. The van der Waals surface area contributed by atoms with Gasteiger partial charge in [-0.2, -0.15) is 13.2 Å². The van der Waals surface area contributed by atoms with Crippen LogP contribution in [-0.2, 0) is 24.4 Å². The SMILES string of the molecule is Cn1cc([C@@H](CC(=O)NCCc2ccccn2)c2cccc(C(F)(F)F)c2)c2ccccc21. The molecule has 33 heavy (non-hydrogen) atoms. The third-order valence-electron chi connectivity index (χ3n) is 5.74. The molecule has 4 aromatic rings. The van der Waals surface area contributed by atoms with Crippen LogP contribution < -0.4 is 5.32 Å². The molecule has 0 saturated heterocycles. The molecule has 0 radical (unpaired) electrons. The molecule has 2 aromatic heterocycles. The summed E-state index contributed by atoms with van der Waals surface area (Å²) in [6, 6.07) is 18.5. The molecule has 7 heteroatoms. The molecule has 1 amide bonds. The molecule has 0 saturated carbocycles. The maximum Gasteiger partial charge on any atom is 0.416 e. The quantitative estimate of drug-likeness (QED) is 0.405. The Bertz CT molecular complexity index is 1250. The fraction of sp³-hybridized carbons (Fsp3) is 0.231. The molecule has 2 heterocycles. The zero-order chi connectivity index (χ0) is 23.4. The molecule has 4 rings (SSSR count). The molecule has 1 N–H and O–H groups in total. The van der Waals surface area contributed by atoms with Crippen LogP contribution in [0.5, 0.6) is 0 Å². The summed E-state index contributed by atoms with van der Waals surface area (Å²) >= 11 is 0. The Kier molecular flexibility index (Phi) is 6.49. The number of pyridine rings is 1. The molecule has 0 fully saturated rings. The first kappa shape index (κ1) is 22.6. The molecule has 0 unspecified atom stereocenters. The van der Waals surface area contributed by atoms with Gasteiger partial charge < -0.3 is 9.88 Å². The number of hydrogen-bond donors (Lipinski definition) is 1. The van der Waals surface area contributed by atoms with Gasteiger partial charge in [0.1, 0.15) is 0 Å². The van der Waals surface area contributed by atoms with Crippen molar-refractivity contribution < 1.29 is 18.0 Å². The summed E-state index contributed by atoms with van der Waals surface area (Å²) in [5.41, 5.74) is 2.38. The van der Waals surface area contributed by atoms with E-state index in [0.717, 1.165) is 34.3 Å². The van der Waals surface area contributed by atoms with Gasteiger partial charge >= 0.3 is 6.18 Å². The molecule has 0 spiro atoms. The standard InChI is InChI=1S/C26H24F3N3O/c1-32-17-23(21-10-2-3-11-24(21)32)22(18-7-6-8-19(15-18)26(27,28)29)16-25(33)31-14-12-20-9-4-5-13-30-20/h2-11,13,15,17,22H,12,14,16H2,1H3,(H,31,33)/t22-/m0/s1. The Balaban J connectivity index is 1.62. The number of carbonyl (C=O) groups excluding carboxylic acids is 1. The number of benzene rings is 2. The van der Waals surface area contributed by atoms with E-state index in [1.165, 1.54) is 6.07 Å². The monoisotopic (exact) mass is 451 g/mol. The minimum Gasteiger partial charge on any atom is -0.356 e. The minimum atomic E-state index is -4.45. The highest BCUT2D eigenvalue weighted by molar-refractivity contribution is 5.86. The van der Waals surface area contributed by atoms with Crippen LogP contribution in [0.15, 0.2) is 79.1 Å². The molecule has 0 bridgehead atoms. The summed E-state index contributed by atoms with van der Waals surface area (Å²) < 4.78 is 42.1. The first-order chi connectivity index (χ1) is 15.8. The molecule has 2 aromatic carbocycles. The lowest BCUT2D eigenvalue weighted by Crippen LogP contribution is -2.27. The number of aryl methyl sites for hydroxylation is 1. The van der Waals surface area contributed by atoms with Gasteiger partial charge in [-0.25, -0.2) is 0 Å². The third-order valence-corrected chi connectivity index (χ3v) is 5.74. The second-order valence-corrected chi connectivity index (χ2v) is 8.01. The summed E-state index contributed by atoms with van der Waals surface area (Å²) in [6.45, 7) is 0.403. The van der Waals surface area contributed by atoms with E-state index in [1.807, 2.05) is 60.3 Å². The zero-order valence-electron chi connectivity index (χ0n) is 18.1. The lowest BCUT2D eigenvalue weighted by Gasteiger charge is -2.19. The lowest BCUT2D eigenvalue weighted by molar-refractivity contribution is -0.137. The normalized spacial score (nSPS) is 12.6. The second-order valence-electron chi connectivity index (χ2n) is 8.01. The van der Waals surface area contributed by atoms with Crippen LogP contribution in [0, 0.1) is 0 Å². The van der Waals surface area contributed by atoms with Gasteiger partial charge in [0.05, 0.1) is 5.56 Å². The van der Waals surface area contributed by atoms with Crippen molar-refractivity contribution in [3.8, 4) is 0 Å². The maximum atomic E-state index is 13.4. The Labute approximate surface area is 190 Å². The number of para-hydroxylation sites is 1. The summed E-state index contributed by atoms with van der Waals surface area (Å²) in [4.78, 5) is 17.1. The van der Waals surface area contributed by atoms with Gasteiger partial charge in [0.2, 0.25) is 5.91 Å². The van der Waals surface area contributed by atoms with Gasteiger partial charge in [0, 0.05) is 61.3 Å². The van der Waals surface area contributed by atoms with E-state index in [1.54, 1.807) is 12.3 Å². The number of rotatable bonds is 7. The molecule has 0 aliphatic carbocycles. The summed E-state index contributed by atoms with van der Waals surface area (Å²) in [5.74, 6) is -0.741. The zero-order valence-corrected chi connectivity index (χ0v) is 18.1. The van der Waals surface area contributed by atoms with E-state index in [9.17, 15) is 18.0 Å². The Hall–Kier alpha value is -3.61. The Morgan fingerprint density at radius 3 is 2.61 bits per heavy atom. The average Bonchev–Trinajstić information content (AvgIpc) is 3.14. The smallest absolute Gasteiger partial charge is 0.356 e. The van der Waals surface area contributed by atoms with Crippen LogP contribution in [0.4, 0.5) is 13.2 Å². The van der Waals surface area contributed by atoms with Crippen molar-refractivity contribution in [1.29, 1.82) is 0 Å². The number of alkyl halides is 3. The van der Waals surface area contributed by atoms with Crippen LogP contribution >= 0.6 is 0 Å². The van der Waals surface area contributed by atoms with Gasteiger partial charge in [0.25, 0.3) is 0 Å². The van der Waals surface area contributed by atoms with Gasteiger partial charge in [0.15, 0.2) is 0 Å². The van der Waals surface area contributed by atoms with E-state index in [2.05, 4.69) is 10.3 Å². The van der Waals surface area contributed by atoms with Crippen molar-refractivity contribution >= 4 is 16.8 Å². The summed E-state index contributed by atoms with van der Waals surface area (Å²) in [7, 11) is 1.89. The summed E-state index contributed by atoms with van der Waals surface area (Å²) in [5, 5.41) is 3.81. The van der Waals surface area contributed by atoms with E-state index in [-0.39, 0.29) is 12.3 Å². The third kappa shape index (κ3) is 5.25. The highest BCUT2D eigenvalue weighted by Crippen LogP contribution is 2.37. The topological polar surface area (TPSA) is 46.9 Å². The molecule has 0 aliphatic rings. The number of aromatic nitrogens is 2. The van der Waals surface area contributed by atoms with Crippen LogP contribution in [0.1, 0.15) is 34.7 Å². The largest absolute Gasteiger partial charge is 0.416 e. The van der Waals surface area contributed by atoms with Crippen LogP contribution in [0.25, 0.3) is 10.9 Å². The van der Waals surface area contributed by atoms with E-state index in [0.29, 0.717) is 18.5 Å². The van der Waals surface area contributed by atoms with Crippen molar-refractivity contribution in [3.63, 3.8) is 0 Å². The number of nitrogens with zero attached hydrogens (tertiary/aromatic N) is 2. The molecular weight excluding hydrogens is 427 g/mol. The predicted octanol–water partition coefficient (Wildman–Crippen LogP) is 5.47. The van der Waals surface area contributed by atoms with Crippen molar-refractivity contribution in [2.45, 2.75) is 24.9 Å². The molecule has 1 atom stereocenters. The summed E-state index contributed by atoms with van der Waals surface area (Å²) in [6.07, 6.45) is -0.241. The minimum absolute atomic E-state index is 0.0392. The van der Waals surface area contributed by atoms with Gasteiger partial charge in [-0.05, 0) is 35.4 Å². The molecule has 4 nitrogen and oxygen atoms in total. The van der Waals surface area contributed by atoms with Crippen LogP contribution in [-0.4, -0.2) is 22.0 Å². The van der Waals surface area contributed by atoms with Gasteiger partial charge in [-0.1, -0.05) is 42.5 Å². The van der Waals surface area contributed by atoms with Gasteiger partial charge in [-0.3, -0.25) is 9.78 Å². The Morgan fingerprint density at radius 1 is 1.06 bits per heavy atom. The number of carbonyl (C=O) groups is 1. The fourth-order valence-corrected chi connectivity index (χ4v) is 4.12. The van der Waals surface area contributed by atoms with Gasteiger partial charge in [-0.15, -0.1) is 0 Å². The van der Waals surface area contributed by atoms with Crippen LogP contribution in [0.3, 0.4) is 0 Å². The maximum absolute atomic E-state index is 13.4. The van der Waals surface area contributed by atoms with Crippen molar-refractivity contribution in [2.24, 2.45) is 7.05 Å². The lowest BCUT2D eigenvalue weighted by atomic mass is 9.87. The van der Waals surface area contributed by atoms with E-state index >= 15 is 0 Å². The van der Waals surface area contributed by atoms with Crippen molar-refractivity contribution in [2.75, 3.05) is 6.54 Å². The first-order valence-corrected chi connectivity index (χ1v) is 10.7. The van der Waals surface area contributed by atoms with E-state index < -0.39 is 17.7 Å². The average molecular weight is 451 g/mol. The number of fused-ring (bicyclic) bond motifs is 1. The fourth-order valence-electron chi connectivity index (χ4n) is 4.12. The number of amides is 1. The first-order valence-electron chi connectivity index (χ1n) is 10.7. The number of hydrogen-bond acceptors (Lipinski definition) is 2. The number of nitrogens with one attached hydrogen (secondary N) is 1. The molecule has 0 aliphatic heterocycles.